The van der Waals surface area contributed by atoms with E-state index in [4.69, 9.17) is 0 Å². The summed E-state index contributed by atoms with van der Waals surface area (Å²) in [5, 5.41) is 14.8. The van der Waals surface area contributed by atoms with Crippen molar-refractivity contribution in [3.63, 3.8) is 0 Å². The Morgan fingerprint density at radius 1 is 1.24 bits per heavy atom. The number of phenols is 1. The summed E-state index contributed by atoms with van der Waals surface area (Å²) in [7, 11) is 0. The first-order valence-electron chi connectivity index (χ1n) is 10.6. The molecule has 4 rings (SSSR count). The molecular formula is C23H31N3O2S. The number of urea groups is 1. The summed E-state index contributed by atoms with van der Waals surface area (Å²) >= 11 is 1.74. The lowest BCUT2D eigenvalue weighted by molar-refractivity contribution is -0.123. The molecule has 2 saturated heterocycles. The molecule has 1 spiro atoms. The van der Waals surface area contributed by atoms with Gasteiger partial charge in [-0.3, -0.25) is 4.90 Å². The number of phenolic OH excluding ortho intramolecular Hbond substituents is 1. The van der Waals surface area contributed by atoms with E-state index in [1.807, 2.05) is 4.90 Å². The molecule has 5 nitrogen and oxygen atoms in total. The SMILES string of the molecule is CC(C)N1CC2(CCN(C(=O)NCCc3cccs3)CC2)C1c1ccc(O)cc1. The van der Waals surface area contributed by atoms with Crippen LogP contribution in [0.1, 0.15) is 43.2 Å². The summed E-state index contributed by atoms with van der Waals surface area (Å²) in [6.45, 7) is 7.89. The zero-order chi connectivity index (χ0) is 20.4. The first kappa shape index (κ1) is 20.2. The summed E-state index contributed by atoms with van der Waals surface area (Å²) in [5.41, 5.74) is 1.51. The van der Waals surface area contributed by atoms with Crippen molar-refractivity contribution in [2.75, 3.05) is 26.2 Å². The monoisotopic (exact) mass is 413 g/mol. The Morgan fingerprint density at radius 3 is 2.59 bits per heavy atom. The molecule has 2 aliphatic heterocycles. The third kappa shape index (κ3) is 4.14. The number of hydrogen-bond donors (Lipinski definition) is 2. The highest BCUT2D eigenvalue weighted by Crippen LogP contribution is 2.55. The number of carbonyl (C=O) groups is 1. The summed E-state index contributed by atoms with van der Waals surface area (Å²) < 4.78 is 0. The van der Waals surface area contributed by atoms with Crippen LogP contribution in [0.15, 0.2) is 41.8 Å². The van der Waals surface area contributed by atoms with Crippen molar-refractivity contribution >= 4 is 17.4 Å². The lowest BCUT2D eigenvalue weighted by Gasteiger charge is -2.62. The van der Waals surface area contributed by atoms with Gasteiger partial charge in [0.05, 0.1) is 0 Å². The zero-order valence-electron chi connectivity index (χ0n) is 17.3. The molecule has 3 heterocycles. The zero-order valence-corrected chi connectivity index (χ0v) is 18.1. The van der Waals surface area contributed by atoms with Gasteiger partial charge in [0.25, 0.3) is 0 Å². The summed E-state index contributed by atoms with van der Waals surface area (Å²) in [6.07, 6.45) is 2.95. The largest absolute Gasteiger partial charge is 0.508 e. The maximum absolute atomic E-state index is 12.6. The predicted octanol–water partition coefficient (Wildman–Crippen LogP) is 4.25. The second-order valence-electron chi connectivity index (χ2n) is 8.67. The maximum Gasteiger partial charge on any atom is 0.317 e. The molecular weight excluding hydrogens is 382 g/mol. The normalized spacial score (nSPS) is 21.3. The highest BCUT2D eigenvalue weighted by molar-refractivity contribution is 7.09. The van der Waals surface area contributed by atoms with Gasteiger partial charge in [-0.2, -0.15) is 0 Å². The third-order valence-electron chi connectivity index (χ3n) is 6.56. The highest BCUT2D eigenvalue weighted by atomic mass is 32.1. The van der Waals surface area contributed by atoms with Crippen LogP contribution >= 0.6 is 11.3 Å². The topological polar surface area (TPSA) is 55.8 Å². The standard InChI is InChI=1S/C23H31N3O2S/c1-17(2)26-16-23(21(26)18-5-7-19(27)8-6-18)10-13-25(14-11-23)22(28)24-12-9-20-4-3-15-29-20/h3-8,15,17,21,27H,9-14,16H2,1-2H3,(H,24,28). The van der Waals surface area contributed by atoms with Crippen molar-refractivity contribution in [1.29, 1.82) is 0 Å². The molecule has 0 aliphatic carbocycles. The van der Waals surface area contributed by atoms with Gasteiger partial charge in [0.1, 0.15) is 5.75 Å². The Kier molecular flexibility index (Phi) is 5.83. The highest BCUT2D eigenvalue weighted by Gasteiger charge is 2.54. The number of aromatic hydroxyl groups is 1. The number of amides is 2. The van der Waals surface area contributed by atoms with Gasteiger partial charge in [0, 0.05) is 48.6 Å². The molecule has 1 aromatic heterocycles. The van der Waals surface area contributed by atoms with Crippen LogP contribution < -0.4 is 5.32 Å². The quantitative estimate of drug-likeness (QED) is 0.770. The van der Waals surface area contributed by atoms with Gasteiger partial charge in [-0.25, -0.2) is 4.79 Å². The maximum atomic E-state index is 12.6. The Balaban J connectivity index is 1.35. The molecule has 29 heavy (non-hydrogen) atoms. The van der Waals surface area contributed by atoms with Crippen molar-refractivity contribution in [2.24, 2.45) is 5.41 Å². The number of nitrogens with one attached hydrogen (secondary N) is 1. The minimum absolute atomic E-state index is 0.0672. The number of benzene rings is 1. The van der Waals surface area contributed by atoms with Crippen LogP contribution in [0, 0.1) is 5.41 Å². The van der Waals surface area contributed by atoms with Crippen LogP contribution in [0.3, 0.4) is 0 Å². The lowest BCUT2D eigenvalue weighted by atomic mass is 9.62. The van der Waals surface area contributed by atoms with E-state index in [-0.39, 0.29) is 11.4 Å². The predicted molar refractivity (Wildman–Crippen MR) is 117 cm³/mol. The smallest absolute Gasteiger partial charge is 0.317 e. The van der Waals surface area contributed by atoms with E-state index in [0.29, 0.717) is 24.4 Å². The summed E-state index contributed by atoms with van der Waals surface area (Å²) in [6, 6.07) is 12.8. The first-order valence-corrected chi connectivity index (χ1v) is 11.5. The molecule has 0 radical (unpaired) electrons. The van der Waals surface area contributed by atoms with Crippen molar-refractivity contribution in [3.05, 3.63) is 52.2 Å². The number of rotatable bonds is 5. The number of likely N-dealkylation sites (tertiary alicyclic amines) is 2. The molecule has 0 bridgehead atoms. The average Bonchev–Trinajstić information content (AvgIpc) is 3.21. The van der Waals surface area contributed by atoms with E-state index in [1.165, 1.54) is 10.4 Å². The van der Waals surface area contributed by atoms with E-state index in [2.05, 4.69) is 53.7 Å². The molecule has 6 heteroatoms. The van der Waals surface area contributed by atoms with E-state index in [9.17, 15) is 9.90 Å². The van der Waals surface area contributed by atoms with Crippen LogP contribution in [0.5, 0.6) is 5.75 Å². The van der Waals surface area contributed by atoms with Crippen LogP contribution in [0.4, 0.5) is 4.79 Å². The van der Waals surface area contributed by atoms with Gasteiger partial charge in [0.15, 0.2) is 0 Å². The number of carbonyl (C=O) groups excluding carboxylic acids is 1. The summed E-state index contributed by atoms with van der Waals surface area (Å²) in [4.78, 5) is 18.4. The van der Waals surface area contributed by atoms with E-state index in [1.54, 1.807) is 23.5 Å². The fraction of sp³-hybridized carbons (Fsp3) is 0.522. The molecule has 2 fully saturated rings. The van der Waals surface area contributed by atoms with Gasteiger partial charge in [-0.05, 0) is 62.3 Å². The molecule has 1 unspecified atom stereocenters. The van der Waals surface area contributed by atoms with Gasteiger partial charge in [-0.15, -0.1) is 11.3 Å². The van der Waals surface area contributed by atoms with Gasteiger partial charge in [-0.1, -0.05) is 18.2 Å². The molecule has 1 atom stereocenters. The second-order valence-corrected chi connectivity index (χ2v) is 9.70. The molecule has 1 aromatic carbocycles. The van der Waals surface area contributed by atoms with Crippen molar-refractivity contribution < 1.29 is 9.90 Å². The van der Waals surface area contributed by atoms with Crippen LogP contribution in [-0.4, -0.2) is 53.2 Å². The molecule has 2 N–H and O–H groups in total. The van der Waals surface area contributed by atoms with Crippen molar-refractivity contribution in [3.8, 4) is 5.75 Å². The number of piperidine rings is 1. The van der Waals surface area contributed by atoms with Crippen molar-refractivity contribution in [1.82, 2.24) is 15.1 Å². The van der Waals surface area contributed by atoms with E-state index < -0.39 is 0 Å². The molecule has 2 aliphatic rings. The van der Waals surface area contributed by atoms with Gasteiger partial charge >= 0.3 is 6.03 Å². The van der Waals surface area contributed by atoms with Crippen molar-refractivity contribution in [2.45, 2.75) is 45.2 Å². The minimum Gasteiger partial charge on any atom is -0.508 e. The summed E-state index contributed by atoms with van der Waals surface area (Å²) in [5.74, 6) is 0.312. The average molecular weight is 414 g/mol. The number of nitrogens with zero attached hydrogens (tertiary/aromatic N) is 2. The number of hydrogen-bond acceptors (Lipinski definition) is 4. The fourth-order valence-corrected chi connectivity index (χ4v) is 5.62. The molecule has 156 valence electrons. The Bertz CT molecular complexity index is 811. The lowest BCUT2D eigenvalue weighted by Crippen LogP contribution is -2.64. The van der Waals surface area contributed by atoms with Gasteiger partial charge < -0.3 is 15.3 Å². The third-order valence-corrected chi connectivity index (χ3v) is 7.49. The number of thiophene rings is 1. The minimum atomic E-state index is 0.0672. The molecule has 2 aromatic rings. The van der Waals surface area contributed by atoms with Gasteiger partial charge in [0.2, 0.25) is 0 Å². The van der Waals surface area contributed by atoms with Crippen LogP contribution in [0.25, 0.3) is 0 Å². The van der Waals surface area contributed by atoms with Crippen LogP contribution in [0.2, 0.25) is 0 Å². The van der Waals surface area contributed by atoms with E-state index in [0.717, 1.165) is 38.9 Å². The Labute approximate surface area is 177 Å². The Morgan fingerprint density at radius 2 is 1.97 bits per heavy atom. The first-order chi connectivity index (χ1) is 14.0. The Hall–Kier alpha value is -2.05. The molecule has 0 saturated carbocycles. The fourth-order valence-electron chi connectivity index (χ4n) is 4.91. The van der Waals surface area contributed by atoms with E-state index >= 15 is 0 Å². The van der Waals surface area contributed by atoms with Crippen LogP contribution in [-0.2, 0) is 6.42 Å². The second kappa shape index (κ2) is 8.36. The molecule has 2 amide bonds.